The lowest BCUT2D eigenvalue weighted by Crippen LogP contribution is -3.10. The standard InChI is InChI=1S/C26H31N2OP/c1-21(30(24-15-5-3-6-16-24)25-17-7-4-8-18-25)26(22-12-9-10-13-22)27-28-19-11-14-23(28)20-29-2/h3-10,12,15-18,21,23H,11,13-14,19-20H2,1-2H3/p+1/b27-26+. The second kappa shape index (κ2) is 10.3. The Morgan fingerprint density at radius 2 is 1.77 bits per heavy atom. The Morgan fingerprint density at radius 1 is 1.10 bits per heavy atom. The van der Waals surface area contributed by atoms with Gasteiger partial charge in [0.15, 0.2) is 0 Å². The van der Waals surface area contributed by atoms with E-state index in [9.17, 15) is 0 Å². The van der Waals surface area contributed by atoms with Crippen LogP contribution >= 0.6 is 7.92 Å². The highest BCUT2D eigenvalue weighted by molar-refractivity contribution is 7.74. The third-order valence-corrected chi connectivity index (χ3v) is 8.77. The number of methoxy groups -OCH3 is 1. The van der Waals surface area contributed by atoms with Crippen molar-refractivity contribution in [3.05, 3.63) is 84.5 Å². The smallest absolute Gasteiger partial charge is 0.135 e. The third kappa shape index (κ3) is 4.81. The molecule has 0 amide bonds. The maximum absolute atomic E-state index is 5.50. The fourth-order valence-electron chi connectivity index (χ4n) is 4.55. The Labute approximate surface area is 181 Å². The topological polar surface area (TPSA) is 26.0 Å². The maximum Gasteiger partial charge on any atom is 0.135 e. The van der Waals surface area contributed by atoms with Crippen LogP contribution in [0.15, 0.2) is 89.6 Å². The fraction of sp³-hybridized carbons (Fsp3) is 0.346. The Hall–Kier alpha value is -2.06. The Kier molecular flexibility index (Phi) is 7.28. The van der Waals surface area contributed by atoms with E-state index in [2.05, 4.69) is 85.8 Å². The molecule has 1 heterocycles. The molecule has 2 aromatic carbocycles. The minimum absolute atomic E-state index is 0.340. The zero-order valence-electron chi connectivity index (χ0n) is 18.0. The molecule has 30 heavy (non-hydrogen) atoms. The van der Waals surface area contributed by atoms with Crippen LogP contribution in [0.3, 0.4) is 0 Å². The van der Waals surface area contributed by atoms with Gasteiger partial charge >= 0.3 is 0 Å². The molecule has 1 saturated heterocycles. The van der Waals surface area contributed by atoms with Crippen LogP contribution < -0.4 is 15.6 Å². The summed E-state index contributed by atoms with van der Waals surface area (Å²) in [4.78, 5) is 0. The van der Waals surface area contributed by atoms with Crippen molar-refractivity contribution in [3.8, 4) is 0 Å². The van der Waals surface area contributed by atoms with Crippen LogP contribution in [0.4, 0.5) is 0 Å². The zero-order valence-corrected chi connectivity index (χ0v) is 18.9. The average Bonchev–Trinajstić information content (AvgIpc) is 3.46. The Balaban J connectivity index is 1.73. The van der Waals surface area contributed by atoms with Gasteiger partial charge in [0.05, 0.1) is 0 Å². The molecule has 3 unspecified atom stereocenters. The molecule has 2 aromatic rings. The molecule has 0 spiro atoms. The molecule has 0 aromatic heterocycles. The lowest BCUT2D eigenvalue weighted by atomic mass is 10.1. The quantitative estimate of drug-likeness (QED) is 0.515. The van der Waals surface area contributed by atoms with Crippen LogP contribution in [0.5, 0.6) is 0 Å². The van der Waals surface area contributed by atoms with Gasteiger partial charge in [0.25, 0.3) is 0 Å². The van der Waals surface area contributed by atoms with Crippen molar-refractivity contribution in [2.75, 3.05) is 20.3 Å². The minimum Gasteiger partial charge on any atom is -0.378 e. The normalized spacial score (nSPS) is 22.5. The highest BCUT2D eigenvalue weighted by atomic mass is 31.1. The number of ether oxygens (including phenoxy) is 1. The molecule has 3 atom stereocenters. The van der Waals surface area contributed by atoms with E-state index in [1.54, 1.807) is 7.11 Å². The number of hydrogen-bond donors (Lipinski definition) is 1. The van der Waals surface area contributed by atoms with Crippen LogP contribution in [-0.2, 0) is 4.74 Å². The molecule has 4 rings (SSSR count). The predicted octanol–water partition coefficient (Wildman–Crippen LogP) is 3.44. The molecule has 1 aliphatic heterocycles. The molecule has 1 N–H and O–H groups in total. The number of nitrogens with one attached hydrogen (secondary N) is 1. The molecule has 0 radical (unpaired) electrons. The molecule has 156 valence electrons. The van der Waals surface area contributed by atoms with Gasteiger partial charge in [-0.3, -0.25) is 0 Å². The number of allylic oxidation sites excluding steroid dienone is 4. The molecule has 2 aliphatic rings. The summed E-state index contributed by atoms with van der Waals surface area (Å²) in [6.07, 6.45) is 10.1. The van der Waals surface area contributed by atoms with E-state index in [0.717, 1.165) is 19.6 Å². The summed E-state index contributed by atoms with van der Waals surface area (Å²) in [6, 6.07) is 22.4. The SMILES string of the molecule is COCC1CCC[NH+]1/N=C(/C1=CC=CC1)C(C)P(c1ccccc1)c1ccccc1. The van der Waals surface area contributed by atoms with Crippen molar-refractivity contribution < 1.29 is 9.75 Å². The van der Waals surface area contributed by atoms with E-state index in [1.165, 1.54) is 39.7 Å². The van der Waals surface area contributed by atoms with Gasteiger partial charge in [-0.05, 0) is 30.5 Å². The average molecular weight is 420 g/mol. The van der Waals surface area contributed by atoms with Crippen LogP contribution in [0, 0.1) is 0 Å². The largest absolute Gasteiger partial charge is 0.378 e. The molecule has 4 heteroatoms. The number of nitrogens with zero attached hydrogens (tertiary/aromatic N) is 1. The molecular weight excluding hydrogens is 387 g/mol. The van der Waals surface area contributed by atoms with E-state index in [4.69, 9.17) is 9.84 Å². The highest BCUT2D eigenvalue weighted by Gasteiger charge is 2.33. The highest BCUT2D eigenvalue weighted by Crippen LogP contribution is 2.41. The second-order valence-corrected chi connectivity index (χ2v) is 10.6. The predicted molar refractivity (Wildman–Crippen MR) is 129 cm³/mol. The summed E-state index contributed by atoms with van der Waals surface area (Å²) < 4.78 is 5.50. The first-order valence-electron chi connectivity index (χ1n) is 11.0. The van der Waals surface area contributed by atoms with Crippen molar-refractivity contribution in [1.82, 2.24) is 0 Å². The first kappa shape index (κ1) is 21.2. The molecule has 0 saturated carbocycles. The fourth-order valence-corrected chi connectivity index (χ4v) is 7.20. The van der Waals surface area contributed by atoms with Crippen LogP contribution in [0.25, 0.3) is 0 Å². The van der Waals surface area contributed by atoms with Crippen molar-refractivity contribution in [2.45, 2.75) is 37.9 Å². The van der Waals surface area contributed by atoms with E-state index in [-0.39, 0.29) is 0 Å². The molecule has 3 nitrogen and oxygen atoms in total. The van der Waals surface area contributed by atoms with Crippen molar-refractivity contribution in [3.63, 3.8) is 0 Å². The van der Waals surface area contributed by atoms with Gasteiger partial charge in [-0.15, -0.1) is 0 Å². The van der Waals surface area contributed by atoms with Gasteiger partial charge in [-0.2, -0.15) is 0 Å². The van der Waals surface area contributed by atoms with E-state index >= 15 is 0 Å². The number of quaternary nitrogens is 1. The van der Waals surface area contributed by atoms with Gasteiger partial charge in [-0.25, -0.2) is 5.01 Å². The Bertz CT molecular complexity index is 868. The van der Waals surface area contributed by atoms with Crippen LogP contribution in [-0.4, -0.2) is 37.7 Å². The second-order valence-electron chi connectivity index (χ2n) is 8.07. The van der Waals surface area contributed by atoms with Gasteiger partial charge in [0.2, 0.25) is 0 Å². The summed E-state index contributed by atoms with van der Waals surface area (Å²) >= 11 is 0. The monoisotopic (exact) mass is 419 g/mol. The third-order valence-electron chi connectivity index (χ3n) is 6.04. The van der Waals surface area contributed by atoms with Gasteiger partial charge in [0, 0.05) is 25.6 Å². The van der Waals surface area contributed by atoms with Crippen molar-refractivity contribution >= 4 is 24.2 Å². The summed E-state index contributed by atoms with van der Waals surface area (Å²) in [6.45, 7) is 4.26. The number of benzene rings is 2. The summed E-state index contributed by atoms with van der Waals surface area (Å²) in [5, 5.41) is 9.55. The van der Waals surface area contributed by atoms with Crippen LogP contribution in [0.2, 0.25) is 0 Å². The summed E-state index contributed by atoms with van der Waals surface area (Å²) in [5.74, 6) is 0. The van der Waals surface area contributed by atoms with E-state index in [0.29, 0.717) is 11.7 Å². The first-order chi connectivity index (χ1) is 14.8. The van der Waals surface area contributed by atoms with Gasteiger partial charge in [-0.1, -0.05) is 90.9 Å². The lowest BCUT2D eigenvalue weighted by molar-refractivity contribution is -0.919. The van der Waals surface area contributed by atoms with Crippen molar-refractivity contribution in [2.24, 2.45) is 5.10 Å². The van der Waals surface area contributed by atoms with Gasteiger partial charge < -0.3 is 4.74 Å². The summed E-state index contributed by atoms with van der Waals surface area (Å²) in [5.41, 5.74) is 2.99. The minimum atomic E-state index is -0.554. The van der Waals surface area contributed by atoms with E-state index < -0.39 is 7.92 Å². The first-order valence-corrected chi connectivity index (χ1v) is 12.4. The van der Waals surface area contributed by atoms with Crippen LogP contribution in [0.1, 0.15) is 26.2 Å². The van der Waals surface area contributed by atoms with Crippen molar-refractivity contribution in [1.29, 1.82) is 0 Å². The molecule has 1 aliphatic carbocycles. The Morgan fingerprint density at radius 3 is 2.33 bits per heavy atom. The molecule has 0 bridgehead atoms. The van der Waals surface area contributed by atoms with E-state index in [1.807, 2.05) is 0 Å². The molecule has 1 fully saturated rings. The molecular formula is C26H32N2OP+. The lowest BCUT2D eigenvalue weighted by Gasteiger charge is -2.28. The maximum atomic E-state index is 5.50. The number of rotatable bonds is 8. The number of hydrogen-bond acceptors (Lipinski definition) is 2. The summed E-state index contributed by atoms with van der Waals surface area (Å²) in [7, 11) is 1.25. The zero-order chi connectivity index (χ0) is 20.8. The van der Waals surface area contributed by atoms with Gasteiger partial charge in [0.1, 0.15) is 24.9 Å².